The minimum absolute atomic E-state index is 0.103. The number of nitrogens with zero attached hydrogens (tertiary/aromatic N) is 4. The number of imidazole rings is 1. The van der Waals surface area contributed by atoms with Crippen molar-refractivity contribution in [3.8, 4) is 22.6 Å². The number of hydrogen-bond donors (Lipinski definition) is 1. The molecule has 3 aromatic heterocycles. The number of pyridine rings is 1. The number of hydrogen-bond acceptors (Lipinski definition) is 5. The Morgan fingerprint density at radius 3 is 2.55 bits per heavy atom. The smallest absolute Gasteiger partial charge is 0.149 e. The summed E-state index contributed by atoms with van der Waals surface area (Å²) >= 11 is 0. The Morgan fingerprint density at radius 2 is 1.74 bits per heavy atom. The lowest BCUT2D eigenvalue weighted by Gasteiger charge is -2.22. The molecule has 0 atom stereocenters. The number of nitrogens with two attached hydrogens (primary N) is 1. The molecule has 0 amide bonds. The maximum Gasteiger partial charge on any atom is 0.149 e. The topological polar surface area (TPSA) is 86.2 Å². The summed E-state index contributed by atoms with van der Waals surface area (Å²) in [5.74, 6) is 1.58. The monoisotopic (exact) mass is 405 g/mol. The van der Waals surface area contributed by atoms with E-state index in [1.165, 1.54) is 0 Å². The summed E-state index contributed by atoms with van der Waals surface area (Å²) in [5, 5.41) is 1.07. The van der Waals surface area contributed by atoms with Gasteiger partial charge >= 0.3 is 0 Å². The van der Waals surface area contributed by atoms with Crippen LogP contribution < -0.4 is 5.73 Å². The van der Waals surface area contributed by atoms with Crippen molar-refractivity contribution < 1.29 is 4.79 Å². The normalized spacial score (nSPS) is 14.3. The Morgan fingerprint density at radius 1 is 0.935 bits per heavy atom. The zero-order valence-electron chi connectivity index (χ0n) is 16.7. The number of ketones is 1. The molecule has 0 bridgehead atoms. The van der Waals surface area contributed by atoms with Crippen LogP contribution in [0.15, 0.2) is 73.1 Å². The van der Waals surface area contributed by atoms with Crippen LogP contribution >= 0.6 is 0 Å². The lowest BCUT2D eigenvalue weighted by Crippen LogP contribution is -2.21. The molecule has 1 fully saturated rings. The van der Waals surface area contributed by atoms with Crippen LogP contribution in [0.4, 0.5) is 5.82 Å². The fourth-order valence-corrected chi connectivity index (χ4v) is 4.29. The van der Waals surface area contributed by atoms with Crippen LogP contribution in [-0.4, -0.2) is 25.1 Å². The van der Waals surface area contributed by atoms with Crippen LogP contribution in [0.25, 0.3) is 39.1 Å². The van der Waals surface area contributed by atoms with Gasteiger partial charge in [-0.1, -0.05) is 48.5 Å². The summed E-state index contributed by atoms with van der Waals surface area (Å²) in [7, 11) is 0. The molecule has 1 saturated carbocycles. The van der Waals surface area contributed by atoms with E-state index in [4.69, 9.17) is 15.7 Å². The average molecular weight is 405 g/mol. The summed E-state index contributed by atoms with van der Waals surface area (Å²) in [4.78, 5) is 25.7. The van der Waals surface area contributed by atoms with Crippen molar-refractivity contribution in [2.24, 2.45) is 0 Å². The van der Waals surface area contributed by atoms with Crippen molar-refractivity contribution >= 4 is 28.0 Å². The molecular formula is C25H19N5O. The maximum absolute atomic E-state index is 11.6. The lowest BCUT2D eigenvalue weighted by atomic mass is 9.81. The molecule has 31 heavy (non-hydrogen) atoms. The molecule has 0 aliphatic heterocycles. The number of carbonyl (C=O) groups is 1. The maximum atomic E-state index is 11.6. The highest BCUT2D eigenvalue weighted by Gasteiger charge is 2.33. The number of anilines is 1. The molecule has 6 nitrogen and oxygen atoms in total. The van der Waals surface area contributed by atoms with Crippen molar-refractivity contribution in [3.63, 3.8) is 0 Å². The third kappa shape index (κ3) is 2.87. The predicted molar refractivity (Wildman–Crippen MR) is 121 cm³/mol. The van der Waals surface area contributed by atoms with Gasteiger partial charge in [0.25, 0.3) is 0 Å². The van der Waals surface area contributed by atoms with E-state index in [9.17, 15) is 4.79 Å². The van der Waals surface area contributed by atoms with Crippen molar-refractivity contribution in [3.05, 3.63) is 78.8 Å². The number of aromatic nitrogens is 4. The van der Waals surface area contributed by atoms with E-state index in [1.54, 1.807) is 6.20 Å². The van der Waals surface area contributed by atoms with Crippen LogP contribution in [0.2, 0.25) is 0 Å². The second-order valence-electron chi connectivity index (χ2n) is 7.97. The molecule has 3 heterocycles. The summed E-state index contributed by atoms with van der Waals surface area (Å²) in [6, 6.07) is 20.4. The molecule has 0 radical (unpaired) electrons. The van der Waals surface area contributed by atoms with Crippen LogP contribution in [0, 0.1) is 0 Å². The molecule has 6 rings (SSSR count). The van der Waals surface area contributed by atoms with Gasteiger partial charge in [-0.05, 0) is 12.1 Å². The van der Waals surface area contributed by atoms with Crippen LogP contribution in [-0.2, 0) is 4.79 Å². The van der Waals surface area contributed by atoms with Crippen LogP contribution in [0.5, 0.6) is 0 Å². The number of benzene rings is 2. The van der Waals surface area contributed by atoms with Gasteiger partial charge in [0.1, 0.15) is 22.9 Å². The Kier molecular flexibility index (Phi) is 3.86. The molecule has 1 aliphatic carbocycles. The molecular weight excluding hydrogens is 386 g/mol. The van der Waals surface area contributed by atoms with Gasteiger partial charge in [-0.3, -0.25) is 9.20 Å². The van der Waals surface area contributed by atoms with Crippen LogP contribution in [0.1, 0.15) is 24.5 Å². The Labute approximate surface area is 178 Å². The molecule has 2 aromatic carbocycles. The summed E-state index contributed by atoms with van der Waals surface area (Å²) in [5.41, 5.74) is 11.7. The largest absolute Gasteiger partial charge is 0.382 e. The predicted octanol–water partition coefficient (Wildman–Crippen LogP) is 4.64. The Hall–Kier alpha value is -4.06. The third-order valence-electron chi connectivity index (χ3n) is 5.96. The highest BCUT2D eigenvalue weighted by Crippen LogP contribution is 2.39. The number of nitrogen functional groups attached to an aromatic ring is 1. The van der Waals surface area contributed by atoms with E-state index in [2.05, 4.69) is 35.3 Å². The number of fused-ring (bicyclic) bond motifs is 2. The summed E-state index contributed by atoms with van der Waals surface area (Å²) in [6.07, 6.45) is 4.58. The average Bonchev–Trinajstić information content (AvgIpc) is 3.17. The fraction of sp³-hybridized carbons (Fsp3) is 0.120. The van der Waals surface area contributed by atoms with Crippen LogP contribution in [0.3, 0.4) is 0 Å². The minimum atomic E-state index is 0.103. The van der Waals surface area contributed by atoms with Crippen molar-refractivity contribution in [2.45, 2.75) is 18.8 Å². The van der Waals surface area contributed by atoms with E-state index in [0.717, 1.165) is 44.8 Å². The fourth-order valence-electron chi connectivity index (χ4n) is 4.29. The second-order valence-corrected chi connectivity index (χ2v) is 7.97. The second kappa shape index (κ2) is 6.74. The van der Waals surface area contributed by atoms with E-state index >= 15 is 0 Å². The van der Waals surface area contributed by atoms with Gasteiger partial charge in [0.05, 0.1) is 16.9 Å². The van der Waals surface area contributed by atoms with Gasteiger partial charge in [-0.25, -0.2) is 15.0 Å². The first-order valence-corrected chi connectivity index (χ1v) is 10.3. The van der Waals surface area contributed by atoms with E-state index < -0.39 is 0 Å². The number of Topliss-reactive ketones (excluding diaryl/α,β-unsaturated/α-hetero) is 1. The molecule has 5 aromatic rings. The van der Waals surface area contributed by atoms with Crippen molar-refractivity contribution in [1.29, 1.82) is 0 Å². The van der Waals surface area contributed by atoms with Gasteiger partial charge in [-0.2, -0.15) is 0 Å². The lowest BCUT2D eigenvalue weighted by molar-refractivity contribution is -0.124. The van der Waals surface area contributed by atoms with Crippen molar-refractivity contribution in [2.75, 3.05) is 5.73 Å². The van der Waals surface area contributed by atoms with Gasteiger partial charge in [0, 0.05) is 47.7 Å². The minimum Gasteiger partial charge on any atom is -0.382 e. The molecule has 2 N–H and O–H groups in total. The first-order valence-electron chi connectivity index (χ1n) is 10.3. The first kappa shape index (κ1) is 17.8. The Balaban J connectivity index is 1.52. The summed E-state index contributed by atoms with van der Waals surface area (Å²) in [6.45, 7) is 0. The van der Waals surface area contributed by atoms with Gasteiger partial charge < -0.3 is 5.73 Å². The highest BCUT2D eigenvalue weighted by molar-refractivity contribution is 5.89. The van der Waals surface area contributed by atoms with Gasteiger partial charge in [-0.15, -0.1) is 0 Å². The zero-order valence-corrected chi connectivity index (χ0v) is 16.7. The Bertz CT molecular complexity index is 1460. The first-order chi connectivity index (χ1) is 15.2. The van der Waals surface area contributed by atoms with E-state index in [-0.39, 0.29) is 11.7 Å². The number of carbonyl (C=O) groups excluding carboxylic acids is 1. The number of rotatable bonds is 3. The highest BCUT2D eigenvalue weighted by atomic mass is 16.1. The quantitative estimate of drug-likeness (QED) is 0.473. The molecule has 6 heteroatoms. The van der Waals surface area contributed by atoms with Crippen molar-refractivity contribution in [1.82, 2.24) is 19.4 Å². The SMILES string of the molecule is Nc1nccn2c(-c3ccc4ccc(-c5ccccc5)nc4c3)nc(C3CC(=O)C3)c12. The molecule has 0 spiro atoms. The van der Waals surface area contributed by atoms with Gasteiger partial charge in [0.15, 0.2) is 0 Å². The standard InChI is InChI=1S/C25H19N5O/c26-24-23-22(18-12-19(31)13-18)29-25(30(23)11-10-27-24)17-7-6-16-8-9-20(28-21(16)14-17)15-4-2-1-3-5-15/h1-11,14,18H,12-13H2,(H2,26,27). The van der Waals surface area contributed by atoms with Gasteiger partial charge in [0.2, 0.25) is 0 Å². The molecule has 150 valence electrons. The molecule has 0 saturated heterocycles. The summed E-state index contributed by atoms with van der Waals surface area (Å²) < 4.78 is 1.97. The molecule has 1 aliphatic rings. The van der Waals surface area contributed by atoms with E-state index in [0.29, 0.717) is 18.7 Å². The third-order valence-corrected chi connectivity index (χ3v) is 5.96. The zero-order chi connectivity index (χ0) is 20.9. The van der Waals surface area contributed by atoms with E-state index in [1.807, 2.05) is 40.9 Å². The molecule has 0 unspecified atom stereocenters.